The van der Waals surface area contributed by atoms with Gasteiger partial charge in [0, 0.05) is 29.2 Å². The van der Waals surface area contributed by atoms with Crippen LogP contribution in [0.15, 0.2) is 56.2 Å². The first-order valence-electron chi connectivity index (χ1n) is 11.5. The van der Waals surface area contributed by atoms with Crippen molar-refractivity contribution in [1.82, 2.24) is 10.1 Å². The van der Waals surface area contributed by atoms with Crippen LogP contribution in [0.2, 0.25) is 10.0 Å². The number of alkyl halides is 3. The van der Waals surface area contributed by atoms with Crippen molar-refractivity contribution in [2.75, 3.05) is 23.3 Å². The van der Waals surface area contributed by atoms with Gasteiger partial charge >= 0.3 is 11.9 Å². The number of nitrogens with one attached hydrogen (secondary N) is 2. The van der Waals surface area contributed by atoms with Crippen molar-refractivity contribution in [1.29, 1.82) is 0 Å². The van der Waals surface area contributed by atoms with E-state index in [1.807, 2.05) is 0 Å². The summed E-state index contributed by atoms with van der Waals surface area (Å²) < 4.78 is 51.2. The lowest BCUT2D eigenvalue weighted by atomic mass is 10.1. The Kier molecular flexibility index (Phi) is 6.97. The Bertz CT molecular complexity index is 1540. The van der Waals surface area contributed by atoms with Crippen LogP contribution in [0, 0.1) is 0 Å². The van der Waals surface area contributed by atoms with E-state index in [-0.39, 0.29) is 27.9 Å². The highest BCUT2D eigenvalue weighted by molar-refractivity contribution is 6.34. The van der Waals surface area contributed by atoms with E-state index in [4.69, 9.17) is 27.6 Å². The summed E-state index contributed by atoms with van der Waals surface area (Å²) in [6.07, 6.45) is -1.95. The largest absolute Gasteiger partial charge is 0.451 e. The van der Waals surface area contributed by atoms with Gasteiger partial charge in [-0.15, -0.1) is 0 Å². The highest BCUT2D eigenvalue weighted by Gasteiger charge is 2.40. The summed E-state index contributed by atoms with van der Waals surface area (Å²) in [5, 5.41) is 6.80. The van der Waals surface area contributed by atoms with Crippen molar-refractivity contribution in [3.63, 3.8) is 0 Å². The number of hydrogen-bond acceptors (Lipinski definition) is 6. The second-order valence-corrected chi connectivity index (χ2v) is 9.50. The minimum Gasteiger partial charge on any atom is -0.451 e. The topological polar surface area (TPSA) is 104 Å². The number of halogens is 5. The quantitative estimate of drug-likeness (QED) is 0.273. The summed E-state index contributed by atoms with van der Waals surface area (Å²) in [7, 11) is 0. The lowest BCUT2D eigenvalue weighted by Crippen LogP contribution is -2.29. The molecule has 0 aliphatic carbocycles. The number of aromatic amines is 1. The van der Waals surface area contributed by atoms with Gasteiger partial charge < -0.3 is 14.6 Å². The zero-order chi connectivity index (χ0) is 27.0. The Morgan fingerprint density at radius 1 is 1.05 bits per heavy atom. The van der Waals surface area contributed by atoms with Crippen LogP contribution in [0.5, 0.6) is 0 Å². The van der Waals surface area contributed by atoms with E-state index >= 15 is 0 Å². The molecule has 2 N–H and O–H groups in total. The van der Waals surface area contributed by atoms with Crippen molar-refractivity contribution in [3.8, 4) is 22.7 Å². The number of H-pyrrole nitrogens is 1. The third-order valence-corrected chi connectivity index (χ3v) is 6.64. The first-order chi connectivity index (χ1) is 18.1. The van der Waals surface area contributed by atoms with Gasteiger partial charge in [-0.1, -0.05) is 28.4 Å². The molecule has 1 fully saturated rings. The molecule has 1 amide bonds. The molecule has 1 saturated heterocycles. The number of hydrogen-bond donors (Lipinski definition) is 2. The molecule has 4 aromatic rings. The molecule has 0 atom stereocenters. The number of piperidine rings is 1. The molecule has 1 aliphatic rings. The highest BCUT2D eigenvalue weighted by Crippen LogP contribution is 2.40. The molecule has 38 heavy (non-hydrogen) atoms. The van der Waals surface area contributed by atoms with E-state index in [0.717, 1.165) is 38.4 Å². The molecular weight excluding hydrogens is 548 g/mol. The molecule has 0 spiro atoms. The molecule has 5 rings (SSSR count). The average Bonchev–Trinajstić information content (AvgIpc) is 3.52. The molecule has 198 valence electrons. The summed E-state index contributed by atoms with van der Waals surface area (Å²) in [6.45, 7) is 1.50. The number of benzene rings is 2. The van der Waals surface area contributed by atoms with Crippen LogP contribution in [0.1, 0.15) is 35.4 Å². The second kappa shape index (κ2) is 10.2. The van der Waals surface area contributed by atoms with Gasteiger partial charge in [0.25, 0.3) is 5.91 Å². The fourth-order valence-corrected chi connectivity index (χ4v) is 4.71. The third kappa shape index (κ3) is 5.30. The van der Waals surface area contributed by atoms with E-state index in [0.29, 0.717) is 16.3 Å². The Morgan fingerprint density at radius 2 is 1.76 bits per heavy atom. The molecule has 13 heteroatoms. The van der Waals surface area contributed by atoms with E-state index < -0.39 is 29.2 Å². The van der Waals surface area contributed by atoms with Crippen LogP contribution < -0.4 is 16.0 Å². The number of carbonyl (C=O) groups excluding carboxylic acids is 1. The highest BCUT2D eigenvalue weighted by atomic mass is 35.5. The zero-order valence-electron chi connectivity index (χ0n) is 19.5. The van der Waals surface area contributed by atoms with Gasteiger partial charge in [-0.3, -0.25) is 14.3 Å². The van der Waals surface area contributed by atoms with Crippen LogP contribution in [0.25, 0.3) is 22.7 Å². The van der Waals surface area contributed by atoms with E-state index in [9.17, 15) is 22.8 Å². The number of carbonyl (C=O) groups is 1. The SMILES string of the molecule is O=C(Nc1cc(Cl)c(N2CCCCC2)cc1-c1noc(=O)[nH]1)c1cc(-c2ccc(Cl)cc2)oc1C(F)(F)F. The van der Waals surface area contributed by atoms with Crippen LogP contribution in [0.3, 0.4) is 0 Å². The Balaban J connectivity index is 1.55. The van der Waals surface area contributed by atoms with Gasteiger partial charge in [-0.05, 0) is 61.7 Å². The second-order valence-electron chi connectivity index (χ2n) is 8.65. The smallest absolute Gasteiger partial charge is 0.450 e. The maximum Gasteiger partial charge on any atom is 0.450 e. The molecule has 8 nitrogen and oxygen atoms in total. The molecule has 2 aromatic carbocycles. The Morgan fingerprint density at radius 3 is 2.39 bits per heavy atom. The number of anilines is 2. The minimum atomic E-state index is -4.95. The first kappa shape index (κ1) is 25.9. The predicted molar refractivity (Wildman–Crippen MR) is 136 cm³/mol. The number of amides is 1. The van der Waals surface area contributed by atoms with E-state index in [1.54, 1.807) is 6.07 Å². The lowest BCUT2D eigenvalue weighted by molar-refractivity contribution is -0.153. The average molecular weight is 567 g/mol. The molecule has 3 heterocycles. The molecule has 0 saturated carbocycles. The molecule has 0 radical (unpaired) electrons. The fourth-order valence-electron chi connectivity index (χ4n) is 4.30. The standard InChI is InChI=1S/C25H19Cl2F3N4O4/c26-14-6-4-13(5-7-14)20-11-16(21(37-20)25(28,29)30)23(35)31-18-12-17(27)19(34-8-2-1-3-9-34)10-15(18)22-32-24(36)38-33-22/h4-7,10-12H,1-3,8-9H2,(H,31,35)(H,32,33,36). The maximum atomic E-state index is 13.8. The summed E-state index contributed by atoms with van der Waals surface area (Å²) in [6, 6.07) is 9.94. The molecule has 1 aliphatic heterocycles. The lowest BCUT2D eigenvalue weighted by Gasteiger charge is -2.30. The summed E-state index contributed by atoms with van der Waals surface area (Å²) in [4.78, 5) is 29.3. The van der Waals surface area contributed by atoms with E-state index in [2.05, 4.69) is 24.9 Å². The number of furan rings is 1. The normalized spacial score (nSPS) is 14.1. The Hall–Kier alpha value is -3.70. The summed E-state index contributed by atoms with van der Waals surface area (Å²) in [5.41, 5.74) is 0.427. The van der Waals surface area contributed by atoms with Gasteiger partial charge in [-0.25, -0.2) is 4.79 Å². The van der Waals surface area contributed by atoms with Gasteiger partial charge in [0.2, 0.25) is 5.76 Å². The van der Waals surface area contributed by atoms with Crippen LogP contribution in [-0.4, -0.2) is 29.1 Å². The number of aromatic nitrogens is 2. The van der Waals surface area contributed by atoms with Gasteiger partial charge in [0.1, 0.15) is 5.76 Å². The van der Waals surface area contributed by atoms with Crippen molar-refractivity contribution >= 4 is 40.5 Å². The van der Waals surface area contributed by atoms with Gasteiger partial charge in [0.05, 0.1) is 22.0 Å². The zero-order valence-corrected chi connectivity index (χ0v) is 21.0. The number of rotatable bonds is 5. The van der Waals surface area contributed by atoms with Crippen LogP contribution in [-0.2, 0) is 6.18 Å². The predicted octanol–water partition coefficient (Wildman–Crippen LogP) is 6.86. The Labute approximate surface area is 223 Å². The van der Waals surface area contributed by atoms with Crippen LogP contribution >= 0.6 is 23.2 Å². The minimum absolute atomic E-state index is 0.0210. The first-order valence-corrected chi connectivity index (χ1v) is 12.3. The van der Waals surface area contributed by atoms with Crippen molar-refractivity contribution in [2.45, 2.75) is 25.4 Å². The van der Waals surface area contributed by atoms with E-state index in [1.165, 1.54) is 30.3 Å². The van der Waals surface area contributed by atoms with Gasteiger partial charge in [-0.2, -0.15) is 13.2 Å². The maximum absolute atomic E-state index is 13.8. The summed E-state index contributed by atoms with van der Waals surface area (Å²) in [5.74, 6) is -3.60. The number of nitrogens with zero attached hydrogens (tertiary/aromatic N) is 2. The van der Waals surface area contributed by atoms with Crippen molar-refractivity contribution in [2.24, 2.45) is 0 Å². The summed E-state index contributed by atoms with van der Waals surface area (Å²) >= 11 is 12.4. The third-order valence-electron chi connectivity index (χ3n) is 6.09. The van der Waals surface area contributed by atoms with Crippen molar-refractivity contribution < 1.29 is 26.9 Å². The van der Waals surface area contributed by atoms with Crippen molar-refractivity contribution in [3.05, 3.63) is 74.4 Å². The molecule has 0 bridgehead atoms. The molecular formula is C25H19Cl2F3N4O4. The fraction of sp³-hybridized carbons (Fsp3) is 0.240. The monoisotopic (exact) mass is 566 g/mol. The van der Waals surface area contributed by atoms with Crippen LogP contribution in [0.4, 0.5) is 24.5 Å². The molecule has 0 unspecified atom stereocenters. The van der Waals surface area contributed by atoms with Gasteiger partial charge in [0.15, 0.2) is 5.82 Å². The molecule has 2 aromatic heterocycles.